The summed E-state index contributed by atoms with van der Waals surface area (Å²) in [5, 5.41) is 3.58. The van der Waals surface area contributed by atoms with Crippen molar-refractivity contribution in [2.75, 3.05) is 26.2 Å². The lowest BCUT2D eigenvalue weighted by Crippen LogP contribution is -2.29. The molecule has 1 atom stereocenters. The molecule has 0 radical (unpaired) electrons. The molecule has 0 amide bonds. The SMILES string of the molecule is C=CC=CC(C1CCCCNCCC1)=[N+]1CCCCCCCC1. The number of hydrogen-bond donors (Lipinski definition) is 1. The van der Waals surface area contributed by atoms with Gasteiger partial charge in [-0.3, -0.25) is 0 Å². The molecule has 0 aliphatic carbocycles. The molecule has 0 saturated carbocycles. The van der Waals surface area contributed by atoms with Gasteiger partial charge in [0.15, 0.2) is 5.71 Å². The molecule has 2 nitrogen and oxygen atoms in total. The Balaban J connectivity index is 2.18. The standard InChI is InChI=1S/C21H37N2/c1-2-3-15-21(20-13-8-9-16-22-17-12-14-20)23-18-10-6-4-5-7-11-19-23/h2-3,15,20,22H,1,4-14,16-19H2/q+1. The Bertz CT molecular complexity index is 373. The summed E-state index contributed by atoms with van der Waals surface area (Å²) in [7, 11) is 0. The van der Waals surface area contributed by atoms with Crippen molar-refractivity contribution < 1.29 is 4.58 Å². The number of nitrogens with zero attached hydrogens (tertiary/aromatic N) is 1. The highest BCUT2D eigenvalue weighted by molar-refractivity contribution is 5.93. The normalized spacial score (nSPS) is 25.6. The molecule has 0 bridgehead atoms. The van der Waals surface area contributed by atoms with Gasteiger partial charge in [0, 0.05) is 24.8 Å². The summed E-state index contributed by atoms with van der Waals surface area (Å²) in [5.74, 6) is 0.742. The van der Waals surface area contributed by atoms with E-state index in [4.69, 9.17) is 0 Å². The molecule has 2 saturated heterocycles. The minimum Gasteiger partial charge on any atom is -0.317 e. The van der Waals surface area contributed by atoms with Gasteiger partial charge in [-0.15, -0.1) is 0 Å². The lowest BCUT2D eigenvalue weighted by atomic mass is 9.91. The Morgan fingerprint density at radius 2 is 1.48 bits per heavy atom. The molecule has 2 rings (SSSR count). The van der Waals surface area contributed by atoms with E-state index in [1.54, 1.807) is 5.71 Å². The molecule has 0 aromatic rings. The molecule has 0 aromatic carbocycles. The zero-order valence-electron chi connectivity index (χ0n) is 15.1. The van der Waals surface area contributed by atoms with Crippen LogP contribution < -0.4 is 5.32 Å². The van der Waals surface area contributed by atoms with E-state index in [0.717, 1.165) is 5.92 Å². The highest BCUT2D eigenvalue weighted by atomic mass is 15.0. The largest absolute Gasteiger partial charge is 0.317 e. The fourth-order valence-corrected chi connectivity index (χ4v) is 4.03. The van der Waals surface area contributed by atoms with Gasteiger partial charge in [-0.25, -0.2) is 4.58 Å². The lowest BCUT2D eigenvalue weighted by molar-refractivity contribution is -0.530. The first kappa shape index (κ1) is 18.4. The zero-order valence-corrected chi connectivity index (χ0v) is 15.1. The molecule has 2 heterocycles. The van der Waals surface area contributed by atoms with Crippen LogP contribution in [-0.2, 0) is 0 Å². The zero-order chi connectivity index (χ0) is 16.2. The van der Waals surface area contributed by atoms with Gasteiger partial charge < -0.3 is 5.32 Å². The second-order valence-corrected chi connectivity index (χ2v) is 7.21. The van der Waals surface area contributed by atoms with E-state index in [9.17, 15) is 0 Å². The van der Waals surface area contributed by atoms with E-state index in [1.807, 2.05) is 6.08 Å². The molecule has 0 aromatic heterocycles. The maximum atomic E-state index is 3.89. The van der Waals surface area contributed by atoms with Crippen molar-refractivity contribution in [3.8, 4) is 0 Å². The third-order valence-electron chi connectivity index (χ3n) is 5.35. The van der Waals surface area contributed by atoms with Gasteiger partial charge in [-0.05, 0) is 51.6 Å². The first-order chi connectivity index (χ1) is 11.4. The molecule has 1 unspecified atom stereocenters. The van der Waals surface area contributed by atoms with E-state index in [1.165, 1.54) is 96.8 Å². The highest BCUT2D eigenvalue weighted by Crippen LogP contribution is 2.20. The maximum Gasteiger partial charge on any atom is 0.179 e. The minimum atomic E-state index is 0.742. The smallest absolute Gasteiger partial charge is 0.179 e. The summed E-state index contributed by atoms with van der Waals surface area (Å²) < 4.78 is 2.72. The van der Waals surface area contributed by atoms with Gasteiger partial charge in [0.1, 0.15) is 13.1 Å². The second kappa shape index (κ2) is 11.6. The number of nitrogens with one attached hydrogen (secondary N) is 1. The van der Waals surface area contributed by atoms with E-state index < -0.39 is 0 Å². The maximum absolute atomic E-state index is 3.89. The first-order valence-electron chi connectivity index (χ1n) is 10.0. The molecule has 1 N–H and O–H groups in total. The molecule has 2 aliphatic rings. The minimum absolute atomic E-state index is 0.742. The van der Waals surface area contributed by atoms with E-state index >= 15 is 0 Å². The van der Waals surface area contributed by atoms with E-state index in [0.29, 0.717) is 0 Å². The van der Waals surface area contributed by atoms with Crippen LogP contribution in [0.15, 0.2) is 24.8 Å². The molecule has 2 aliphatic heterocycles. The van der Waals surface area contributed by atoms with Crippen LogP contribution in [0.5, 0.6) is 0 Å². The van der Waals surface area contributed by atoms with Crippen LogP contribution in [-0.4, -0.2) is 36.5 Å². The molecule has 2 heteroatoms. The van der Waals surface area contributed by atoms with Crippen LogP contribution in [0.2, 0.25) is 0 Å². The van der Waals surface area contributed by atoms with Gasteiger partial charge >= 0.3 is 0 Å². The van der Waals surface area contributed by atoms with Crippen LogP contribution >= 0.6 is 0 Å². The van der Waals surface area contributed by atoms with E-state index in [-0.39, 0.29) is 0 Å². The molecule has 130 valence electrons. The fourth-order valence-electron chi connectivity index (χ4n) is 4.03. The number of allylic oxidation sites excluding steroid dienone is 3. The predicted molar refractivity (Wildman–Crippen MR) is 101 cm³/mol. The van der Waals surface area contributed by atoms with Gasteiger partial charge in [0.2, 0.25) is 0 Å². The number of rotatable bonds is 3. The van der Waals surface area contributed by atoms with E-state index in [2.05, 4.69) is 28.6 Å². The molecular formula is C21H37N2+. The Hall–Kier alpha value is -0.890. The van der Waals surface area contributed by atoms with Crippen molar-refractivity contribution in [2.45, 2.75) is 70.6 Å². The van der Waals surface area contributed by atoms with Gasteiger partial charge in [-0.1, -0.05) is 38.0 Å². The van der Waals surface area contributed by atoms with Crippen LogP contribution in [0.3, 0.4) is 0 Å². The topological polar surface area (TPSA) is 15.0 Å². The van der Waals surface area contributed by atoms with Crippen molar-refractivity contribution >= 4 is 5.71 Å². The molecule has 23 heavy (non-hydrogen) atoms. The van der Waals surface area contributed by atoms with Crippen molar-refractivity contribution in [3.05, 3.63) is 24.8 Å². The van der Waals surface area contributed by atoms with Crippen molar-refractivity contribution in [2.24, 2.45) is 5.92 Å². The van der Waals surface area contributed by atoms with Crippen LogP contribution in [0.25, 0.3) is 0 Å². The van der Waals surface area contributed by atoms with Crippen LogP contribution in [0, 0.1) is 5.92 Å². The third-order valence-corrected chi connectivity index (χ3v) is 5.35. The average Bonchev–Trinajstić information content (AvgIpc) is 2.79. The molecule has 0 spiro atoms. The fraction of sp³-hybridized carbons (Fsp3) is 0.762. The molecular weight excluding hydrogens is 280 g/mol. The Morgan fingerprint density at radius 3 is 2.22 bits per heavy atom. The Morgan fingerprint density at radius 1 is 0.826 bits per heavy atom. The van der Waals surface area contributed by atoms with Crippen LogP contribution in [0.4, 0.5) is 0 Å². The highest BCUT2D eigenvalue weighted by Gasteiger charge is 2.23. The van der Waals surface area contributed by atoms with Crippen molar-refractivity contribution in [3.63, 3.8) is 0 Å². The predicted octanol–water partition coefficient (Wildman–Crippen LogP) is 4.71. The Labute approximate surface area is 143 Å². The quantitative estimate of drug-likeness (QED) is 0.588. The summed E-state index contributed by atoms with van der Waals surface area (Å²) in [4.78, 5) is 0. The third kappa shape index (κ3) is 7.03. The van der Waals surface area contributed by atoms with Gasteiger partial charge in [0.05, 0.1) is 0 Å². The average molecular weight is 318 g/mol. The summed E-state index contributed by atoms with van der Waals surface area (Å²) in [6, 6.07) is 0. The Kier molecular flexibility index (Phi) is 9.32. The first-order valence-corrected chi connectivity index (χ1v) is 10.0. The van der Waals surface area contributed by atoms with Gasteiger partial charge in [0.25, 0.3) is 0 Å². The monoisotopic (exact) mass is 317 g/mol. The summed E-state index contributed by atoms with van der Waals surface area (Å²) in [5.41, 5.74) is 1.61. The summed E-state index contributed by atoms with van der Waals surface area (Å²) in [6.07, 6.45) is 21.6. The van der Waals surface area contributed by atoms with Gasteiger partial charge in [-0.2, -0.15) is 0 Å². The second-order valence-electron chi connectivity index (χ2n) is 7.21. The molecule has 2 fully saturated rings. The summed E-state index contributed by atoms with van der Waals surface area (Å²) in [6.45, 7) is 8.79. The van der Waals surface area contributed by atoms with Crippen LogP contribution in [0.1, 0.15) is 70.6 Å². The van der Waals surface area contributed by atoms with Crippen molar-refractivity contribution in [1.82, 2.24) is 5.32 Å². The summed E-state index contributed by atoms with van der Waals surface area (Å²) >= 11 is 0. The van der Waals surface area contributed by atoms with Crippen molar-refractivity contribution in [1.29, 1.82) is 0 Å². The lowest BCUT2D eigenvalue weighted by Gasteiger charge is -2.17. The number of hydrogen-bond acceptors (Lipinski definition) is 1.